The van der Waals surface area contributed by atoms with Crippen LogP contribution in [0.2, 0.25) is 0 Å². The number of hydrogen-bond acceptors (Lipinski definition) is 2. The van der Waals surface area contributed by atoms with E-state index in [4.69, 9.17) is 4.42 Å². The van der Waals surface area contributed by atoms with E-state index in [1.165, 1.54) is 0 Å². The van der Waals surface area contributed by atoms with Gasteiger partial charge in [-0.2, -0.15) is 0 Å². The summed E-state index contributed by atoms with van der Waals surface area (Å²) in [6, 6.07) is 1.76. The van der Waals surface area contributed by atoms with E-state index >= 15 is 0 Å². The summed E-state index contributed by atoms with van der Waals surface area (Å²) in [5, 5.41) is 0. The van der Waals surface area contributed by atoms with Crippen LogP contribution in [-0.2, 0) is 6.42 Å². The molecule has 66 valence electrons. The summed E-state index contributed by atoms with van der Waals surface area (Å²) < 4.78 is 5.16. The molecule has 0 aliphatic carbocycles. The van der Waals surface area contributed by atoms with Crippen LogP contribution >= 0.6 is 0 Å². The summed E-state index contributed by atoms with van der Waals surface area (Å²) in [5.74, 6) is 1.01. The molecule has 0 saturated heterocycles. The number of rotatable bonds is 4. The molecule has 0 unspecified atom stereocenters. The van der Waals surface area contributed by atoms with Gasteiger partial charge in [0, 0.05) is 12.8 Å². The van der Waals surface area contributed by atoms with Gasteiger partial charge in [-0.3, -0.25) is 4.79 Å². The van der Waals surface area contributed by atoms with Crippen LogP contribution < -0.4 is 0 Å². The monoisotopic (exact) mass is 166 g/mol. The second kappa shape index (κ2) is 4.10. The van der Waals surface area contributed by atoms with E-state index in [1.54, 1.807) is 12.3 Å². The molecule has 0 aromatic carbocycles. The molecule has 12 heavy (non-hydrogen) atoms. The Kier molecular flexibility index (Phi) is 3.09. The molecule has 0 bridgehead atoms. The maximum Gasteiger partial charge on any atom is 0.166 e. The third kappa shape index (κ3) is 1.76. The minimum atomic E-state index is 0.197. The molecule has 0 radical (unpaired) electrons. The zero-order chi connectivity index (χ0) is 8.97. The standard InChI is InChI=1S/C10H14O2/c1-3-5-9(11)8-6-7-12-10(8)4-2/h6-7H,3-5H2,1-2H3. The van der Waals surface area contributed by atoms with Crippen molar-refractivity contribution >= 4 is 5.78 Å². The molecular weight excluding hydrogens is 152 g/mol. The Balaban J connectivity index is 2.79. The quantitative estimate of drug-likeness (QED) is 0.644. The highest BCUT2D eigenvalue weighted by Gasteiger charge is 2.11. The average molecular weight is 166 g/mol. The molecule has 1 rings (SSSR count). The van der Waals surface area contributed by atoms with Gasteiger partial charge in [0.15, 0.2) is 5.78 Å². The average Bonchev–Trinajstić information content (AvgIpc) is 2.51. The number of carbonyl (C=O) groups is 1. The first-order chi connectivity index (χ1) is 5.79. The Hall–Kier alpha value is -1.05. The Labute approximate surface area is 72.6 Å². The van der Waals surface area contributed by atoms with Gasteiger partial charge in [0.2, 0.25) is 0 Å². The van der Waals surface area contributed by atoms with Crippen LogP contribution in [0.1, 0.15) is 42.8 Å². The van der Waals surface area contributed by atoms with E-state index in [0.717, 1.165) is 24.2 Å². The molecule has 0 saturated carbocycles. The highest BCUT2D eigenvalue weighted by Crippen LogP contribution is 2.13. The van der Waals surface area contributed by atoms with Gasteiger partial charge in [0.05, 0.1) is 11.8 Å². The molecule has 2 heteroatoms. The van der Waals surface area contributed by atoms with Crippen molar-refractivity contribution < 1.29 is 9.21 Å². The van der Waals surface area contributed by atoms with Crippen LogP contribution in [0.25, 0.3) is 0 Å². The maximum atomic E-state index is 11.4. The molecule has 0 atom stereocenters. The first-order valence-electron chi connectivity index (χ1n) is 4.39. The molecule has 1 heterocycles. The van der Waals surface area contributed by atoms with Crippen molar-refractivity contribution in [2.75, 3.05) is 0 Å². The number of carbonyl (C=O) groups excluding carboxylic acids is 1. The number of furan rings is 1. The van der Waals surface area contributed by atoms with Crippen molar-refractivity contribution in [3.63, 3.8) is 0 Å². The first-order valence-corrected chi connectivity index (χ1v) is 4.39. The van der Waals surface area contributed by atoms with Gasteiger partial charge in [-0.1, -0.05) is 13.8 Å². The number of hydrogen-bond donors (Lipinski definition) is 0. The van der Waals surface area contributed by atoms with Crippen molar-refractivity contribution in [1.82, 2.24) is 0 Å². The predicted molar refractivity (Wildman–Crippen MR) is 47.3 cm³/mol. The van der Waals surface area contributed by atoms with Crippen LogP contribution in [0, 0.1) is 0 Å². The largest absolute Gasteiger partial charge is 0.469 e. The predicted octanol–water partition coefficient (Wildman–Crippen LogP) is 2.82. The van der Waals surface area contributed by atoms with Gasteiger partial charge in [-0.05, 0) is 12.5 Å². The molecule has 0 spiro atoms. The highest BCUT2D eigenvalue weighted by molar-refractivity contribution is 5.96. The summed E-state index contributed by atoms with van der Waals surface area (Å²) in [6.07, 6.45) is 3.89. The minimum absolute atomic E-state index is 0.197. The molecule has 0 fully saturated rings. The molecule has 0 aliphatic rings. The summed E-state index contributed by atoms with van der Waals surface area (Å²) >= 11 is 0. The lowest BCUT2D eigenvalue weighted by atomic mass is 10.1. The van der Waals surface area contributed by atoms with E-state index in [2.05, 4.69) is 0 Å². The van der Waals surface area contributed by atoms with E-state index in [1.807, 2.05) is 13.8 Å². The molecule has 1 aromatic heterocycles. The highest BCUT2D eigenvalue weighted by atomic mass is 16.3. The number of aryl methyl sites for hydroxylation is 1. The molecule has 1 aromatic rings. The Morgan fingerprint density at radius 2 is 2.25 bits per heavy atom. The van der Waals surface area contributed by atoms with E-state index < -0.39 is 0 Å². The smallest absolute Gasteiger partial charge is 0.166 e. The normalized spacial score (nSPS) is 10.2. The van der Waals surface area contributed by atoms with Crippen molar-refractivity contribution in [3.8, 4) is 0 Å². The van der Waals surface area contributed by atoms with E-state index in [9.17, 15) is 4.79 Å². The second-order valence-electron chi connectivity index (χ2n) is 2.78. The second-order valence-corrected chi connectivity index (χ2v) is 2.78. The van der Waals surface area contributed by atoms with Gasteiger partial charge in [0.25, 0.3) is 0 Å². The molecular formula is C10H14O2. The van der Waals surface area contributed by atoms with Crippen LogP contribution in [-0.4, -0.2) is 5.78 Å². The van der Waals surface area contributed by atoms with Gasteiger partial charge in [0.1, 0.15) is 5.76 Å². The minimum Gasteiger partial charge on any atom is -0.469 e. The van der Waals surface area contributed by atoms with Gasteiger partial charge < -0.3 is 4.42 Å². The maximum absolute atomic E-state index is 11.4. The zero-order valence-electron chi connectivity index (χ0n) is 7.59. The van der Waals surface area contributed by atoms with Crippen molar-refractivity contribution in [3.05, 3.63) is 23.7 Å². The van der Waals surface area contributed by atoms with E-state index in [-0.39, 0.29) is 5.78 Å². The molecule has 2 nitrogen and oxygen atoms in total. The molecule has 0 N–H and O–H groups in total. The van der Waals surface area contributed by atoms with E-state index in [0.29, 0.717) is 6.42 Å². The van der Waals surface area contributed by atoms with Gasteiger partial charge >= 0.3 is 0 Å². The lowest BCUT2D eigenvalue weighted by Crippen LogP contribution is -1.99. The van der Waals surface area contributed by atoms with Gasteiger partial charge in [-0.25, -0.2) is 0 Å². The van der Waals surface area contributed by atoms with Crippen molar-refractivity contribution in [2.24, 2.45) is 0 Å². The fourth-order valence-corrected chi connectivity index (χ4v) is 1.22. The summed E-state index contributed by atoms with van der Waals surface area (Å²) in [5.41, 5.74) is 0.763. The zero-order valence-corrected chi connectivity index (χ0v) is 7.59. The van der Waals surface area contributed by atoms with Crippen LogP contribution in [0.3, 0.4) is 0 Å². The van der Waals surface area contributed by atoms with Gasteiger partial charge in [-0.15, -0.1) is 0 Å². The Bertz CT molecular complexity index is 261. The summed E-state index contributed by atoms with van der Waals surface area (Å²) in [4.78, 5) is 11.4. The fourth-order valence-electron chi connectivity index (χ4n) is 1.22. The fraction of sp³-hybridized carbons (Fsp3) is 0.500. The van der Waals surface area contributed by atoms with Crippen LogP contribution in [0.5, 0.6) is 0 Å². The lowest BCUT2D eigenvalue weighted by Gasteiger charge is -1.96. The van der Waals surface area contributed by atoms with Crippen molar-refractivity contribution in [1.29, 1.82) is 0 Å². The Morgan fingerprint density at radius 1 is 1.50 bits per heavy atom. The first kappa shape index (κ1) is 9.04. The molecule has 0 aliphatic heterocycles. The summed E-state index contributed by atoms with van der Waals surface area (Å²) in [7, 11) is 0. The molecule has 0 amide bonds. The third-order valence-electron chi connectivity index (χ3n) is 1.84. The SMILES string of the molecule is CCCC(=O)c1ccoc1CC. The van der Waals surface area contributed by atoms with Crippen LogP contribution in [0.4, 0.5) is 0 Å². The number of ketones is 1. The topological polar surface area (TPSA) is 30.2 Å². The Morgan fingerprint density at radius 3 is 2.83 bits per heavy atom. The van der Waals surface area contributed by atoms with Crippen LogP contribution in [0.15, 0.2) is 16.7 Å². The lowest BCUT2D eigenvalue weighted by molar-refractivity contribution is 0.0980. The van der Waals surface area contributed by atoms with Crippen molar-refractivity contribution in [2.45, 2.75) is 33.1 Å². The number of Topliss-reactive ketones (excluding diaryl/α,β-unsaturated/α-hetero) is 1. The third-order valence-corrected chi connectivity index (χ3v) is 1.84. The summed E-state index contributed by atoms with van der Waals surface area (Å²) in [6.45, 7) is 3.99.